The Labute approximate surface area is 164 Å². The third-order valence-electron chi connectivity index (χ3n) is 5.46. The molecule has 1 aliphatic rings. The number of nitrogens with one attached hydrogen (secondary N) is 2. The second-order valence-corrected chi connectivity index (χ2v) is 8.87. The second kappa shape index (κ2) is 8.42. The van der Waals surface area contributed by atoms with Gasteiger partial charge in [-0.1, -0.05) is 37.4 Å². The van der Waals surface area contributed by atoms with Gasteiger partial charge in [-0.2, -0.15) is 0 Å². The molecule has 0 spiro atoms. The second-order valence-electron chi connectivity index (χ2n) is 7.56. The molecule has 0 bridgehead atoms. The minimum atomic E-state index is -0.333. The maximum Gasteiger partial charge on any atom is 0.209 e. The number of Topliss-reactive ketones (excluding diaryl/α,β-unsaturated/α-hetero) is 2. The number of H-pyrrole nitrogens is 2. The normalized spacial score (nSPS) is 16.0. The van der Waals surface area contributed by atoms with E-state index in [9.17, 15) is 9.59 Å². The van der Waals surface area contributed by atoms with Crippen LogP contribution < -0.4 is 0 Å². The fourth-order valence-corrected chi connectivity index (χ4v) is 4.82. The number of aryl methyl sites for hydroxylation is 2. The minimum Gasteiger partial charge on any atom is -0.355 e. The highest BCUT2D eigenvalue weighted by atomic mass is 32.2. The van der Waals surface area contributed by atoms with Crippen LogP contribution in [0.3, 0.4) is 0 Å². The van der Waals surface area contributed by atoms with Crippen molar-refractivity contribution >= 4 is 23.3 Å². The predicted octanol–water partition coefficient (Wildman–Crippen LogP) is 4.44. The number of hydrogen-bond donors (Lipinski definition) is 2. The molecule has 0 aliphatic heterocycles. The van der Waals surface area contributed by atoms with Crippen LogP contribution >= 0.6 is 11.8 Å². The molecule has 0 saturated heterocycles. The molecule has 2 aromatic rings. The molecule has 2 N–H and O–H groups in total. The molecule has 2 heterocycles. The van der Waals surface area contributed by atoms with Crippen LogP contribution in [-0.2, 0) is 6.42 Å². The third-order valence-corrected chi connectivity index (χ3v) is 6.42. The molecule has 0 unspecified atom stereocenters. The molecule has 1 saturated carbocycles. The van der Waals surface area contributed by atoms with Gasteiger partial charge in [-0.05, 0) is 45.6 Å². The summed E-state index contributed by atoms with van der Waals surface area (Å²) in [4.78, 5) is 32.2. The van der Waals surface area contributed by atoms with E-state index < -0.39 is 0 Å². The van der Waals surface area contributed by atoms with Crippen molar-refractivity contribution in [3.8, 4) is 0 Å². The number of aromatic amines is 2. The molecule has 0 radical (unpaired) electrons. The van der Waals surface area contributed by atoms with Crippen LogP contribution in [0.25, 0.3) is 0 Å². The molecule has 1 aliphatic carbocycles. The van der Waals surface area contributed by atoms with Crippen molar-refractivity contribution < 1.29 is 9.59 Å². The molecule has 0 amide bonds. The Morgan fingerprint density at radius 3 is 2.59 bits per heavy atom. The number of rotatable bonds is 8. The Morgan fingerprint density at radius 2 is 1.96 bits per heavy atom. The van der Waals surface area contributed by atoms with Crippen molar-refractivity contribution in [2.24, 2.45) is 5.92 Å². The van der Waals surface area contributed by atoms with Gasteiger partial charge in [0, 0.05) is 17.7 Å². The summed E-state index contributed by atoms with van der Waals surface area (Å²) in [5, 5.41) is 7.54. The minimum absolute atomic E-state index is 0.0264. The van der Waals surface area contributed by atoms with E-state index in [2.05, 4.69) is 20.2 Å². The molecule has 2 aromatic heterocycles. The summed E-state index contributed by atoms with van der Waals surface area (Å²) in [7, 11) is 0. The lowest BCUT2D eigenvalue weighted by atomic mass is 10.0. The Bertz CT molecular complexity index is 833. The lowest BCUT2D eigenvalue weighted by Gasteiger charge is -2.07. The zero-order valence-corrected chi connectivity index (χ0v) is 17.3. The van der Waals surface area contributed by atoms with Crippen molar-refractivity contribution in [2.45, 2.75) is 76.6 Å². The summed E-state index contributed by atoms with van der Waals surface area (Å²) in [6.07, 6.45) is 7.44. The number of thioether (sulfide) groups is 1. The van der Waals surface area contributed by atoms with Gasteiger partial charge in [0.15, 0.2) is 11.6 Å². The van der Waals surface area contributed by atoms with E-state index in [4.69, 9.17) is 0 Å². The molecule has 1 atom stereocenters. The van der Waals surface area contributed by atoms with Crippen molar-refractivity contribution in [3.05, 3.63) is 28.3 Å². The molecule has 27 heavy (non-hydrogen) atoms. The van der Waals surface area contributed by atoms with Gasteiger partial charge < -0.3 is 4.98 Å². The first kappa shape index (κ1) is 19.9. The van der Waals surface area contributed by atoms with Crippen LogP contribution in [0, 0.1) is 19.8 Å². The Kier molecular flexibility index (Phi) is 6.19. The van der Waals surface area contributed by atoms with Crippen LogP contribution in [0.15, 0.2) is 5.16 Å². The van der Waals surface area contributed by atoms with Gasteiger partial charge in [0.2, 0.25) is 5.16 Å². The van der Waals surface area contributed by atoms with E-state index in [0.717, 1.165) is 35.8 Å². The van der Waals surface area contributed by atoms with Crippen LogP contribution in [-0.4, -0.2) is 37.0 Å². The lowest BCUT2D eigenvalue weighted by Crippen LogP contribution is -2.15. The van der Waals surface area contributed by atoms with Crippen LogP contribution in [0.2, 0.25) is 0 Å². The van der Waals surface area contributed by atoms with Gasteiger partial charge in [-0.15, -0.1) is 5.10 Å². The van der Waals surface area contributed by atoms with Gasteiger partial charge in [0.05, 0.1) is 10.9 Å². The lowest BCUT2D eigenvalue weighted by molar-refractivity contribution is 0.0988. The zero-order valence-electron chi connectivity index (χ0n) is 16.5. The van der Waals surface area contributed by atoms with E-state index in [0.29, 0.717) is 16.4 Å². The summed E-state index contributed by atoms with van der Waals surface area (Å²) in [6.45, 7) is 7.02. The summed E-state index contributed by atoms with van der Waals surface area (Å²) in [5.41, 5.74) is 2.59. The van der Waals surface area contributed by atoms with E-state index in [-0.39, 0.29) is 16.8 Å². The molecule has 6 nitrogen and oxygen atoms in total. The number of hydrogen-bond acceptors (Lipinski definition) is 5. The first-order valence-corrected chi connectivity index (χ1v) is 10.6. The van der Waals surface area contributed by atoms with Crippen LogP contribution in [0.4, 0.5) is 0 Å². The van der Waals surface area contributed by atoms with Gasteiger partial charge >= 0.3 is 0 Å². The van der Waals surface area contributed by atoms with Gasteiger partial charge in [0.1, 0.15) is 5.82 Å². The fraction of sp³-hybridized carbons (Fsp3) is 0.600. The molecule has 1 fully saturated rings. The molecular weight excluding hydrogens is 360 g/mol. The maximum absolute atomic E-state index is 12.8. The van der Waals surface area contributed by atoms with Crippen LogP contribution in [0.5, 0.6) is 0 Å². The number of carbonyl (C=O) groups excluding carboxylic acids is 2. The molecule has 0 aromatic carbocycles. The third kappa shape index (κ3) is 4.51. The summed E-state index contributed by atoms with van der Waals surface area (Å²) >= 11 is 1.35. The van der Waals surface area contributed by atoms with Gasteiger partial charge in [-0.3, -0.25) is 14.7 Å². The fourth-order valence-electron chi connectivity index (χ4n) is 4.02. The number of aromatic nitrogens is 4. The quantitative estimate of drug-likeness (QED) is 0.515. The van der Waals surface area contributed by atoms with Crippen molar-refractivity contribution in [1.29, 1.82) is 0 Å². The van der Waals surface area contributed by atoms with Crippen molar-refractivity contribution in [3.63, 3.8) is 0 Å². The van der Waals surface area contributed by atoms with Gasteiger partial charge in [0.25, 0.3) is 0 Å². The highest BCUT2D eigenvalue weighted by Gasteiger charge is 2.25. The van der Waals surface area contributed by atoms with Crippen molar-refractivity contribution in [2.75, 3.05) is 0 Å². The average molecular weight is 389 g/mol. The number of ketones is 2. The summed E-state index contributed by atoms with van der Waals surface area (Å²) in [6, 6.07) is 0. The number of carbonyl (C=O) groups is 2. The van der Waals surface area contributed by atoms with E-state index in [1.165, 1.54) is 44.4 Å². The smallest absolute Gasteiger partial charge is 0.209 e. The maximum atomic E-state index is 12.8. The average Bonchev–Trinajstić information content (AvgIpc) is 3.33. The highest BCUT2D eigenvalue weighted by Crippen LogP contribution is 2.29. The Morgan fingerprint density at radius 1 is 1.26 bits per heavy atom. The van der Waals surface area contributed by atoms with Crippen LogP contribution in [0.1, 0.15) is 83.9 Å². The predicted molar refractivity (Wildman–Crippen MR) is 107 cm³/mol. The molecule has 7 heteroatoms. The largest absolute Gasteiger partial charge is 0.355 e. The molecular formula is C20H28N4O2S. The van der Waals surface area contributed by atoms with E-state index >= 15 is 0 Å². The van der Waals surface area contributed by atoms with Crippen molar-refractivity contribution in [1.82, 2.24) is 20.2 Å². The van der Waals surface area contributed by atoms with E-state index in [1.54, 1.807) is 0 Å². The first-order chi connectivity index (χ1) is 12.9. The number of nitrogens with zero attached hydrogens (tertiary/aromatic N) is 2. The monoisotopic (exact) mass is 388 g/mol. The molecule has 3 rings (SSSR count). The standard InChI is InChI=1S/C20H28N4O2S/c1-11-17(13(3)25)12(2)21-18(11)19(26)14(4)27-20-22-16(23-24-20)10-9-15-7-5-6-8-15/h14-15,21H,5-10H2,1-4H3,(H,22,23,24)/t14-/m1/s1. The first-order valence-electron chi connectivity index (χ1n) is 9.69. The Hall–Kier alpha value is -1.89. The zero-order chi connectivity index (χ0) is 19.6. The molecule has 146 valence electrons. The van der Waals surface area contributed by atoms with Gasteiger partial charge in [-0.25, -0.2) is 4.98 Å². The summed E-state index contributed by atoms with van der Waals surface area (Å²) in [5.74, 6) is 1.66. The topological polar surface area (TPSA) is 91.5 Å². The highest BCUT2D eigenvalue weighted by molar-refractivity contribution is 8.00. The Balaban J connectivity index is 1.61. The SMILES string of the molecule is CC(=O)c1c(C)[nH]c(C(=O)[C@@H](C)Sc2n[nH]c(CCC3CCCC3)n2)c1C. The van der Waals surface area contributed by atoms with E-state index in [1.807, 2.05) is 20.8 Å². The summed E-state index contributed by atoms with van der Waals surface area (Å²) < 4.78 is 0.